The first-order chi connectivity index (χ1) is 15.8. The first-order valence-electron chi connectivity index (χ1n) is 10.5. The minimum Gasteiger partial charge on any atom is -0.503 e. The van der Waals surface area contributed by atoms with Crippen LogP contribution in [0.25, 0.3) is 10.6 Å². The van der Waals surface area contributed by atoms with Crippen LogP contribution in [0.15, 0.2) is 65.9 Å². The highest BCUT2D eigenvalue weighted by molar-refractivity contribution is 7.17. The molecule has 170 valence electrons. The number of Topliss-reactive ketones (excluding diaryl/α,β-unsaturated/α-hetero) is 1. The molecule has 1 unspecified atom stereocenters. The molecule has 0 saturated carbocycles. The quantitative estimate of drug-likeness (QED) is 0.485. The van der Waals surface area contributed by atoms with Gasteiger partial charge in [-0.2, -0.15) is 0 Å². The molecule has 1 N–H and O–H groups in total. The fraction of sp³-hybridized carbons (Fsp3) is 0.240. The number of hydrogen-bond donors (Lipinski definition) is 1. The summed E-state index contributed by atoms with van der Waals surface area (Å²) in [6.07, 6.45) is 0. The fourth-order valence-corrected chi connectivity index (χ4v) is 5.00. The lowest BCUT2D eigenvalue weighted by Gasteiger charge is -2.28. The Morgan fingerprint density at radius 2 is 1.82 bits per heavy atom. The van der Waals surface area contributed by atoms with Crippen LogP contribution in [0.3, 0.4) is 0 Å². The second-order valence-electron chi connectivity index (χ2n) is 8.15. The number of likely N-dealkylation sites (N-methyl/N-ethyl adjacent to an activating group) is 1. The van der Waals surface area contributed by atoms with E-state index in [1.165, 1.54) is 11.3 Å². The zero-order valence-corrected chi connectivity index (χ0v) is 20.2. The number of thiazole rings is 1. The van der Waals surface area contributed by atoms with E-state index in [-0.39, 0.29) is 11.4 Å². The van der Waals surface area contributed by atoms with Crippen molar-refractivity contribution >= 4 is 34.6 Å². The Labute approximate surface area is 201 Å². The number of amides is 1. The average Bonchev–Trinajstić information content (AvgIpc) is 3.31. The Hall–Kier alpha value is -3.00. The zero-order valence-electron chi connectivity index (χ0n) is 18.6. The summed E-state index contributed by atoms with van der Waals surface area (Å²) in [4.78, 5) is 35.3. The second kappa shape index (κ2) is 9.47. The molecule has 8 heteroatoms. The van der Waals surface area contributed by atoms with Crippen LogP contribution in [0.1, 0.15) is 27.0 Å². The van der Waals surface area contributed by atoms with Crippen LogP contribution in [0, 0.1) is 6.92 Å². The summed E-state index contributed by atoms with van der Waals surface area (Å²) in [6, 6.07) is 15.9. The lowest BCUT2D eigenvalue weighted by molar-refractivity contribution is -0.129. The van der Waals surface area contributed by atoms with Crippen LogP contribution < -0.4 is 0 Å². The first kappa shape index (κ1) is 23.2. The highest BCUT2D eigenvalue weighted by atomic mass is 35.5. The van der Waals surface area contributed by atoms with Crippen molar-refractivity contribution in [2.45, 2.75) is 13.0 Å². The minimum absolute atomic E-state index is 0.0763. The zero-order chi connectivity index (χ0) is 23.7. The summed E-state index contributed by atoms with van der Waals surface area (Å²) in [6.45, 7) is 2.71. The maximum absolute atomic E-state index is 13.7. The van der Waals surface area contributed by atoms with E-state index in [4.69, 9.17) is 11.6 Å². The number of benzene rings is 2. The number of aliphatic hydroxyl groups excluding tert-OH is 1. The molecule has 2 aromatic carbocycles. The fourth-order valence-electron chi connectivity index (χ4n) is 3.85. The van der Waals surface area contributed by atoms with Crippen molar-refractivity contribution in [2.75, 3.05) is 27.2 Å². The van der Waals surface area contributed by atoms with Crippen LogP contribution in [-0.2, 0) is 4.79 Å². The van der Waals surface area contributed by atoms with Crippen molar-refractivity contribution in [1.29, 1.82) is 0 Å². The summed E-state index contributed by atoms with van der Waals surface area (Å²) >= 11 is 7.33. The largest absolute Gasteiger partial charge is 0.503 e. The maximum Gasteiger partial charge on any atom is 0.290 e. The van der Waals surface area contributed by atoms with Crippen molar-refractivity contribution in [3.63, 3.8) is 0 Å². The van der Waals surface area contributed by atoms with Gasteiger partial charge in [0, 0.05) is 23.7 Å². The van der Waals surface area contributed by atoms with Gasteiger partial charge in [-0.25, -0.2) is 4.98 Å². The number of rotatable bonds is 7. The Morgan fingerprint density at radius 3 is 2.45 bits per heavy atom. The number of carbonyl (C=O) groups excluding carboxylic acids is 2. The summed E-state index contributed by atoms with van der Waals surface area (Å²) in [5, 5.41) is 12.1. The summed E-state index contributed by atoms with van der Waals surface area (Å²) in [5.74, 6) is -1.44. The van der Waals surface area contributed by atoms with E-state index in [0.717, 1.165) is 5.56 Å². The van der Waals surface area contributed by atoms with Gasteiger partial charge in [-0.15, -0.1) is 11.3 Å². The monoisotopic (exact) mass is 481 g/mol. The van der Waals surface area contributed by atoms with Crippen LogP contribution >= 0.6 is 22.9 Å². The standard InChI is InChI=1S/C25H24ClN3O3S/c1-15-23(33-24(27-15)17-7-5-4-6-8-17)21(30)19-20(16-9-11-18(26)12-10-16)29(14-13-28(2)3)25(32)22(19)31/h4-12,20,31H,13-14H2,1-3H3. The molecule has 33 heavy (non-hydrogen) atoms. The smallest absolute Gasteiger partial charge is 0.290 e. The average molecular weight is 482 g/mol. The van der Waals surface area contributed by atoms with E-state index in [1.807, 2.05) is 49.3 Å². The number of aliphatic hydroxyl groups is 1. The molecule has 2 heterocycles. The van der Waals surface area contributed by atoms with Gasteiger partial charge in [0.15, 0.2) is 5.76 Å². The first-order valence-corrected chi connectivity index (χ1v) is 11.7. The molecule has 6 nitrogen and oxygen atoms in total. The molecule has 1 aliphatic heterocycles. The molecular formula is C25H24ClN3O3S. The van der Waals surface area contributed by atoms with E-state index in [9.17, 15) is 14.7 Å². The van der Waals surface area contributed by atoms with Gasteiger partial charge < -0.3 is 14.9 Å². The number of hydrogen-bond acceptors (Lipinski definition) is 6. The molecule has 3 aromatic rings. The van der Waals surface area contributed by atoms with E-state index < -0.39 is 17.7 Å². The van der Waals surface area contributed by atoms with Crippen LogP contribution in [-0.4, -0.2) is 58.8 Å². The molecule has 1 atom stereocenters. The molecule has 1 aromatic heterocycles. The molecule has 0 saturated heterocycles. The van der Waals surface area contributed by atoms with Crippen LogP contribution in [0.5, 0.6) is 0 Å². The lowest BCUT2D eigenvalue weighted by atomic mass is 9.95. The van der Waals surface area contributed by atoms with Crippen molar-refractivity contribution in [3.05, 3.63) is 87.1 Å². The van der Waals surface area contributed by atoms with Gasteiger partial charge in [-0.05, 0) is 38.7 Å². The van der Waals surface area contributed by atoms with Gasteiger partial charge in [0.25, 0.3) is 5.91 Å². The number of aryl methyl sites for hydroxylation is 1. The number of carbonyl (C=O) groups is 2. The van der Waals surface area contributed by atoms with Crippen molar-refractivity contribution < 1.29 is 14.7 Å². The molecule has 1 aliphatic rings. The van der Waals surface area contributed by atoms with Gasteiger partial charge in [0.1, 0.15) is 5.01 Å². The number of aromatic nitrogens is 1. The third-order valence-electron chi connectivity index (χ3n) is 5.55. The number of ketones is 1. The molecule has 1 amide bonds. The molecular weight excluding hydrogens is 458 g/mol. The summed E-state index contributed by atoms with van der Waals surface area (Å²) in [5.41, 5.74) is 2.27. The van der Waals surface area contributed by atoms with E-state index in [2.05, 4.69) is 4.98 Å². The van der Waals surface area contributed by atoms with Crippen molar-refractivity contribution in [3.8, 4) is 10.6 Å². The predicted molar refractivity (Wildman–Crippen MR) is 131 cm³/mol. The summed E-state index contributed by atoms with van der Waals surface area (Å²) < 4.78 is 0. The Kier molecular flexibility index (Phi) is 6.65. The minimum atomic E-state index is -0.705. The number of halogens is 1. The van der Waals surface area contributed by atoms with Crippen molar-refractivity contribution in [2.24, 2.45) is 0 Å². The van der Waals surface area contributed by atoms with E-state index >= 15 is 0 Å². The third kappa shape index (κ3) is 4.57. The highest BCUT2D eigenvalue weighted by Gasteiger charge is 2.44. The highest BCUT2D eigenvalue weighted by Crippen LogP contribution is 2.41. The Morgan fingerprint density at radius 1 is 1.15 bits per heavy atom. The number of nitrogens with zero attached hydrogens (tertiary/aromatic N) is 3. The molecule has 4 rings (SSSR count). The predicted octanol–water partition coefficient (Wildman–Crippen LogP) is 4.91. The van der Waals surface area contributed by atoms with E-state index in [1.54, 1.807) is 36.1 Å². The SMILES string of the molecule is Cc1nc(-c2ccccc2)sc1C(=O)C1=C(O)C(=O)N(CCN(C)C)C1c1ccc(Cl)cc1. The molecule has 0 spiro atoms. The molecule has 0 radical (unpaired) electrons. The molecule has 0 fully saturated rings. The lowest BCUT2D eigenvalue weighted by Crippen LogP contribution is -2.36. The van der Waals surface area contributed by atoms with Gasteiger partial charge in [-0.3, -0.25) is 9.59 Å². The van der Waals surface area contributed by atoms with Gasteiger partial charge in [0.2, 0.25) is 5.78 Å². The summed E-state index contributed by atoms with van der Waals surface area (Å²) in [7, 11) is 3.81. The molecule has 0 bridgehead atoms. The van der Waals surface area contributed by atoms with Gasteiger partial charge in [0.05, 0.1) is 22.2 Å². The van der Waals surface area contributed by atoms with Crippen LogP contribution in [0.2, 0.25) is 5.02 Å². The van der Waals surface area contributed by atoms with Crippen LogP contribution in [0.4, 0.5) is 0 Å². The maximum atomic E-state index is 13.7. The Bertz CT molecular complexity index is 1220. The Balaban J connectivity index is 1.77. The third-order valence-corrected chi connectivity index (χ3v) is 7.00. The van der Waals surface area contributed by atoms with Crippen molar-refractivity contribution in [1.82, 2.24) is 14.8 Å². The topological polar surface area (TPSA) is 73.7 Å². The normalized spacial score (nSPS) is 16.2. The second-order valence-corrected chi connectivity index (χ2v) is 9.58. The van der Waals surface area contributed by atoms with Gasteiger partial charge >= 0.3 is 0 Å². The van der Waals surface area contributed by atoms with E-state index in [0.29, 0.717) is 39.3 Å². The van der Waals surface area contributed by atoms with Gasteiger partial charge in [-0.1, -0.05) is 54.1 Å². The molecule has 0 aliphatic carbocycles.